The maximum atomic E-state index is 12.8. The molecule has 0 saturated carbocycles. The molecule has 0 radical (unpaired) electrons. The van der Waals surface area contributed by atoms with Gasteiger partial charge < -0.3 is 14.2 Å². The summed E-state index contributed by atoms with van der Waals surface area (Å²) in [4.78, 5) is 37.9. The number of unbranched alkanes of at least 4 members (excludes halogenated alkanes) is 16. The van der Waals surface area contributed by atoms with Crippen molar-refractivity contribution >= 4 is 17.9 Å². The summed E-state index contributed by atoms with van der Waals surface area (Å²) < 4.78 is 16.7. The van der Waals surface area contributed by atoms with E-state index in [1.54, 1.807) is 0 Å². The monoisotopic (exact) mass is 1010 g/mol. The zero-order valence-electron chi connectivity index (χ0n) is 46.8. The van der Waals surface area contributed by atoms with E-state index in [1.165, 1.54) is 38.5 Å². The van der Waals surface area contributed by atoms with Crippen LogP contribution in [0.15, 0.2) is 146 Å². The molecule has 0 rings (SSSR count). The molecule has 0 amide bonds. The van der Waals surface area contributed by atoms with Gasteiger partial charge in [0.1, 0.15) is 13.2 Å². The van der Waals surface area contributed by atoms with Crippen LogP contribution in [0.1, 0.15) is 239 Å². The summed E-state index contributed by atoms with van der Waals surface area (Å²) in [6, 6.07) is 0. The summed E-state index contributed by atoms with van der Waals surface area (Å²) in [6.07, 6.45) is 85.8. The minimum absolute atomic E-state index is 0.0970. The number of esters is 3. The van der Waals surface area contributed by atoms with Crippen LogP contribution >= 0.6 is 0 Å². The summed E-state index contributed by atoms with van der Waals surface area (Å²) in [5.41, 5.74) is 0. The highest BCUT2D eigenvalue weighted by Crippen LogP contribution is 2.13. The number of allylic oxidation sites excluding steroid dienone is 24. The first-order valence-electron chi connectivity index (χ1n) is 29.3. The standard InChI is InChI=1S/C67H106O6/c1-4-7-10-13-16-18-20-22-24-26-27-28-29-30-31-32-33-34-35-36-37-38-39-41-42-44-46-48-51-54-57-60-66(69)72-63-64(62-71-65(68)59-56-53-50-15-12-9-6-3)73-67(70)61-58-55-52-49-47-45-43-40-25-23-21-19-17-14-11-8-5-2/h7-8,10-11,16-19,22-25,27-28,30-31,33-34,36-37,39,41,43,45,64H,4-6,9,12-15,20-21,26,29,32,35,38,40,42,44,46-63H2,1-3H3/b10-7-,11-8-,18-16-,19-17-,24-22-,25-23-,28-27-,31-30-,34-33-,37-36-,41-39-,45-43-. The molecule has 0 fully saturated rings. The Labute approximate surface area is 448 Å². The third-order valence-electron chi connectivity index (χ3n) is 11.8. The van der Waals surface area contributed by atoms with Crippen LogP contribution in [-0.2, 0) is 28.6 Å². The summed E-state index contributed by atoms with van der Waals surface area (Å²) >= 11 is 0. The van der Waals surface area contributed by atoms with Crippen molar-refractivity contribution in [3.05, 3.63) is 146 Å². The van der Waals surface area contributed by atoms with Gasteiger partial charge in [0.25, 0.3) is 0 Å². The Morgan fingerprint density at radius 1 is 0.288 bits per heavy atom. The van der Waals surface area contributed by atoms with Crippen molar-refractivity contribution < 1.29 is 28.6 Å². The van der Waals surface area contributed by atoms with E-state index < -0.39 is 6.10 Å². The lowest BCUT2D eigenvalue weighted by atomic mass is 10.1. The molecule has 0 aromatic carbocycles. The van der Waals surface area contributed by atoms with Crippen molar-refractivity contribution in [2.75, 3.05) is 13.2 Å². The molecule has 1 atom stereocenters. The van der Waals surface area contributed by atoms with Gasteiger partial charge >= 0.3 is 17.9 Å². The molecule has 410 valence electrons. The average molecular weight is 1010 g/mol. The van der Waals surface area contributed by atoms with Crippen LogP contribution in [0.5, 0.6) is 0 Å². The van der Waals surface area contributed by atoms with Crippen molar-refractivity contribution in [3.8, 4) is 0 Å². The van der Waals surface area contributed by atoms with Gasteiger partial charge in [-0.25, -0.2) is 0 Å². The minimum Gasteiger partial charge on any atom is -0.462 e. The highest BCUT2D eigenvalue weighted by molar-refractivity contribution is 5.71. The van der Waals surface area contributed by atoms with Crippen molar-refractivity contribution in [3.63, 3.8) is 0 Å². The fourth-order valence-corrected chi connectivity index (χ4v) is 7.51. The molecular weight excluding hydrogens is 901 g/mol. The number of hydrogen-bond donors (Lipinski definition) is 0. The molecule has 6 heteroatoms. The zero-order chi connectivity index (χ0) is 52.9. The number of carbonyl (C=O) groups excluding carboxylic acids is 3. The predicted molar refractivity (Wildman–Crippen MR) is 315 cm³/mol. The van der Waals surface area contributed by atoms with Crippen molar-refractivity contribution in [1.29, 1.82) is 0 Å². The van der Waals surface area contributed by atoms with Crippen LogP contribution in [0.2, 0.25) is 0 Å². The molecule has 0 aromatic rings. The van der Waals surface area contributed by atoms with Crippen LogP contribution in [0, 0.1) is 0 Å². The number of ether oxygens (including phenoxy) is 3. The van der Waals surface area contributed by atoms with E-state index >= 15 is 0 Å². The van der Waals surface area contributed by atoms with Gasteiger partial charge in [0.2, 0.25) is 0 Å². The maximum Gasteiger partial charge on any atom is 0.306 e. The van der Waals surface area contributed by atoms with E-state index in [4.69, 9.17) is 14.2 Å². The topological polar surface area (TPSA) is 78.9 Å². The Morgan fingerprint density at radius 3 is 0.836 bits per heavy atom. The second-order valence-corrected chi connectivity index (χ2v) is 18.8. The Hall–Kier alpha value is -4.71. The third-order valence-corrected chi connectivity index (χ3v) is 11.8. The molecule has 0 spiro atoms. The van der Waals surface area contributed by atoms with E-state index in [9.17, 15) is 14.4 Å². The quantitative estimate of drug-likeness (QED) is 0.0261. The second-order valence-electron chi connectivity index (χ2n) is 18.8. The van der Waals surface area contributed by atoms with Gasteiger partial charge in [0.15, 0.2) is 6.10 Å². The smallest absolute Gasteiger partial charge is 0.306 e. The lowest BCUT2D eigenvalue weighted by Gasteiger charge is -2.18. The molecule has 0 heterocycles. The number of rotatable bonds is 51. The highest BCUT2D eigenvalue weighted by atomic mass is 16.6. The lowest BCUT2D eigenvalue weighted by molar-refractivity contribution is -0.167. The first kappa shape index (κ1) is 68.3. The molecule has 0 aromatic heterocycles. The Balaban J connectivity index is 4.25. The SMILES string of the molecule is CC/C=C\C/C=C\C/C=C\C/C=C\C/C=C\C/C=C\C/C=C\C/C=C\CCCCCCCCC(=O)OCC(COC(=O)CCCCCCCCC)OC(=O)CCCCCC/C=C\C/C=C\C/C=C\C/C=C\CC. The Kier molecular flexibility index (Phi) is 56.0. The van der Waals surface area contributed by atoms with E-state index in [2.05, 4.69) is 167 Å². The van der Waals surface area contributed by atoms with Crippen LogP contribution in [0.3, 0.4) is 0 Å². The zero-order valence-corrected chi connectivity index (χ0v) is 46.8. The van der Waals surface area contributed by atoms with E-state index in [0.29, 0.717) is 19.3 Å². The molecule has 0 N–H and O–H groups in total. The van der Waals surface area contributed by atoms with Crippen molar-refractivity contribution in [2.45, 2.75) is 245 Å². The summed E-state index contributed by atoms with van der Waals surface area (Å²) in [5.74, 6) is -0.950. The molecule has 0 aliphatic carbocycles. The summed E-state index contributed by atoms with van der Waals surface area (Å²) in [7, 11) is 0. The second kappa shape index (κ2) is 59.8. The fraction of sp³-hybridized carbons (Fsp3) is 0.597. The maximum absolute atomic E-state index is 12.8. The number of hydrogen-bond acceptors (Lipinski definition) is 6. The van der Waals surface area contributed by atoms with Crippen LogP contribution < -0.4 is 0 Å². The van der Waals surface area contributed by atoms with Crippen LogP contribution in [0.25, 0.3) is 0 Å². The Bertz CT molecular complexity index is 1630. The summed E-state index contributed by atoms with van der Waals surface area (Å²) in [5, 5.41) is 0. The first-order chi connectivity index (χ1) is 36.0. The van der Waals surface area contributed by atoms with Gasteiger partial charge in [-0.15, -0.1) is 0 Å². The molecule has 0 aliphatic rings. The number of carbonyl (C=O) groups is 3. The highest BCUT2D eigenvalue weighted by Gasteiger charge is 2.19. The van der Waals surface area contributed by atoms with E-state index in [1.807, 2.05) is 0 Å². The van der Waals surface area contributed by atoms with Gasteiger partial charge in [-0.05, 0) is 122 Å². The molecule has 6 nitrogen and oxygen atoms in total. The van der Waals surface area contributed by atoms with Gasteiger partial charge in [-0.3, -0.25) is 14.4 Å². The normalized spacial score (nSPS) is 13.2. The van der Waals surface area contributed by atoms with Crippen molar-refractivity contribution in [1.82, 2.24) is 0 Å². The van der Waals surface area contributed by atoms with Crippen LogP contribution in [-0.4, -0.2) is 37.2 Å². The average Bonchev–Trinajstić information content (AvgIpc) is 3.39. The molecule has 0 saturated heterocycles. The summed E-state index contributed by atoms with van der Waals surface area (Å²) in [6.45, 7) is 6.32. The van der Waals surface area contributed by atoms with E-state index in [-0.39, 0.29) is 31.1 Å². The van der Waals surface area contributed by atoms with Crippen LogP contribution in [0.4, 0.5) is 0 Å². The fourth-order valence-electron chi connectivity index (χ4n) is 7.51. The molecule has 1 unspecified atom stereocenters. The lowest BCUT2D eigenvalue weighted by Crippen LogP contribution is -2.30. The van der Waals surface area contributed by atoms with Crippen molar-refractivity contribution in [2.24, 2.45) is 0 Å². The molecule has 0 bridgehead atoms. The largest absolute Gasteiger partial charge is 0.462 e. The molecule has 73 heavy (non-hydrogen) atoms. The van der Waals surface area contributed by atoms with Gasteiger partial charge in [-0.2, -0.15) is 0 Å². The van der Waals surface area contributed by atoms with Gasteiger partial charge in [0.05, 0.1) is 0 Å². The third kappa shape index (κ3) is 58.1. The first-order valence-corrected chi connectivity index (χ1v) is 29.3. The molecular formula is C67H106O6. The molecule has 0 aliphatic heterocycles. The minimum atomic E-state index is -0.800. The predicted octanol–water partition coefficient (Wildman–Crippen LogP) is 20.0. The van der Waals surface area contributed by atoms with E-state index in [0.717, 1.165) is 161 Å². The van der Waals surface area contributed by atoms with Gasteiger partial charge in [-0.1, -0.05) is 244 Å². The van der Waals surface area contributed by atoms with Gasteiger partial charge in [0, 0.05) is 19.3 Å². The Morgan fingerprint density at radius 2 is 0.534 bits per heavy atom.